The second kappa shape index (κ2) is 5.96. The number of pyridine rings is 1. The molecule has 0 N–H and O–H groups in total. The van der Waals surface area contributed by atoms with Crippen molar-refractivity contribution in [3.63, 3.8) is 0 Å². The lowest BCUT2D eigenvalue weighted by molar-refractivity contribution is -0.141. The molecule has 1 unspecified atom stereocenters. The Morgan fingerprint density at radius 1 is 1.14 bits per heavy atom. The minimum Gasteiger partial charge on any atom is -0.262 e. The lowest BCUT2D eigenvalue weighted by atomic mass is 10.1. The largest absolute Gasteiger partial charge is 0.435 e. The SMILES string of the molecule is Cc1cc(C)c2c(n1)sc1c2ncn2nc(C(C)n3ccc(C(F)(F)F)n3)nc12. The summed E-state index contributed by atoms with van der Waals surface area (Å²) in [6.07, 6.45) is -1.65. The van der Waals surface area contributed by atoms with Crippen molar-refractivity contribution in [2.75, 3.05) is 0 Å². The van der Waals surface area contributed by atoms with E-state index in [-0.39, 0.29) is 0 Å². The van der Waals surface area contributed by atoms with Gasteiger partial charge in [0.25, 0.3) is 0 Å². The monoisotopic (exact) mass is 417 g/mol. The molecular formula is C18H14F3N7S. The Bertz CT molecular complexity index is 1400. The van der Waals surface area contributed by atoms with E-state index in [1.807, 2.05) is 19.9 Å². The van der Waals surface area contributed by atoms with Gasteiger partial charge >= 0.3 is 6.18 Å². The number of aryl methyl sites for hydroxylation is 2. The maximum Gasteiger partial charge on any atom is 0.435 e. The first-order valence-electron chi connectivity index (χ1n) is 8.76. The number of rotatable bonds is 2. The van der Waals surface area contributed by atoms with Crippen LogP contribution in [0.25, 0.3) is 26.1 Å². The normalized spacial score (nSPS) is 13.7. The van der Waals surface area contributed by atoms with Crippen LogP contribution in [-0.4, -0.2) is 34.3 Å². The van der Waals surface area contributed by atoms with E-state index in [2.05, 4.69) is 25.1 Å². The van der Waals surface area contributed by atoms with Crippen molar-refractivity contribution in [1.82, 2.24) is 34.3 Å². The molecule has 0 aliphatic rings. The molecule has 0 radical (unpaired) electrons. The Balaban J connectivity index is 1.66. The first-order valence-corrected chi connectivity index (χ1v) is 9.58. The fraction of sp³-hybridized carbons (Fsp3) is 0.278. The molecule has 1 atom stereocenters. The Morgan fingerprint density at radius 3 is 2.66 bits per heavy atom. The summed E-state index contributed by atoms with van der Waals surface area (Å²) in [4.78, 5) is 14.6. The minimum atomic E-state index is -4.49. The quantitative estimate of drug-likeness (QED) is 0.428. The average Bonchev–Trinajstić information content (AvgIpc) is 3.35. The molecule has 0 saturated carbocycles. The molecule has 0 aromatic carbocycles. The van der Waals surface area contributed by atoms with Gasteiger partial charge in [0.15, 0.2) is 17.2 Å². The third-order valence-electron chi connectivity index (χ3n) is 4.78. The number of hydrogen-bond acceptors (Lipinski definition) is 6. The minimum absolute atomic E-state index is 0.356. The van der Waals surface area contributed by atoms with Gasteiger partial charge in [-0.2, -0.15) is 18.3 Å². The molecule has 0 spiro atoms. The van der Waals surface area contributed by atoms with E-state index in [0.717, 1.165) is 37.8 Å². The predicted octanol–water partition coefficient (Wildman–Crippen LogP) is 4.33. The predicted molar refractivity (Wildman–Crippen MR) is 102 cm³/mol. The Morgan fingerprint density at radius 2 is 1.93 bits per heavy atom. The van der Waals surface area contributed by atoms with Crippen molar-refractivity contribution in [1.29, 1.82) is 0 Å². The van der Waals surface area contributed by atoms with Gasteiger partial charge in [-0.15, -0.1) is 16.4 Å². The molecule has 0 fully saturated rings. The maximum absolute atomic E-state index is 12.8. The zero-order chi connectivity index (χ0) is 20.5. The molecule has 0 saturated heterocycles. The molecule has 5 rings (SSSR count). The van der Waals surface area contributed by atoms with Gasteiger partial charge in [0.05, 0.1) is 5.52 Å². The smallest absolute Gasteiger partial charge is 0.262 e. The summed E-state index contributed by atoms with van der Waals surface area (Å²) < 4.78 is 42.1. The number of thiophene rings is 1. The summed E-state index contributed by atoms with van der Waals surface area (Å²) in [7, 11) is 0. The number of alkyl halides is 3. The standard InChI is InChI=1S/C18H14F3N7S/c1-8-6-9(2)23-17-12(8)13-14(29-17)16-24-15(26-28(16)7-22-13)10(3)27-5-4-11(25-27)18(19,20)21/h4-7,10H,1-3H3. The van der Waals surface area contributed by atoms with E-state index in [4.69, 9.17) is 0 Å². The maximum atomic E-state index is 12.8. The van der Waals surface area contributed by atoms with Crippen molar-refractivity contribution < 1.29 is 13.2 Å². The molecule has 5 heterocycles. The molecule has 0 aliphatic heterocycles. The second-order valence-electron chi connectivity index (χ2n) is 6.88. The topological polar surface area (TPSA) is 73.8 Å². The van der Waals surface area contributed by atoms with Crippen LogP contribution in [0.15, 0.2) is 24.7 Å². The van der Waals surface area contributed by atoms with Crippen LogP contribution < -0.4 is 0 Å². The first-order chi connectivity index (χ1) is 13.7. The highest BCUT2D eigenvalue weighted by Gasteiger charge is 2.34. The van der Waals surface area contributed by atoms with E-state index in [0.29, 0.717) is 11.5 Å². The van der Waals surface area contributed by atoms with Crippen molar-refractivity contribution in [3.05, 3.63) is 47.4 Å². The first kappa shape index (κ1) is 18.0. The highest BCUT2D eigenvalue weighted by atomic mass is 32.1. The van der Waals surface area contributed by atoms with Crippen LogP contribution in [0.4, 0.5) is 13.2 Å². The van der Waals surface area contributed by atoms with Crippen molar-refractivity contribution >= 4 is 37.4 Å². The van der Waals surface area contributed by atoms with Gasteiger partial charge in [-0.05, 0) is 38.5 Å². The highest BCUT2D eigenvalue weighted by molar-refractivity contribution is 7.26. The zero-order valence-corrected chi connectivity index (χ0v) is 16.4. The van der Waals surface area contributed by atoms with Gasteiger partial charge < -0.3 is 0 Å². The molecule has 11 heteroatoms. The summed E-state index contributed by atoms with van der Waals surface area (Å²) in [5, 5.41) is 9.02. The van der Waals surface area contributed by atoms with Crippen molar-refractivity contribution in [3.8, 4) is 0 Å². The fourth-order valence-electron chi connectivity index (χ4n) is 3.39. The lowest BCUT2D eigenvalue weighted by Gasteiger charge is -2.08. The molecule has 29 heavy (non-hydrogen) atoms. The Kier molecular flexibility index (Phi) is 3.69. The molecular weight excluding hydrogens is 403 g/mol. The van der Waals surface area contributed by atoms with Crippen LogP contribution in [0.1, 0.15) is 35.7 Å². The third kappa shape index (κ3) is 2.76. The number of nitrogens with zero attached hydrogens (tertiary/aromatic N) is 7. The molecule has 7 nitrogen and oxygen atoms in total. The van der Waals surface area contributed by atoms with Crippen LogP contribution >= 0.6 is 11.3 Å². The van der Waals surface area contributed by atoms with Gasteiger partial charge in [-0.1, -0.05) is 0 Å². The lowest BCUT2D eigenvalue weighted by Crippen LogP contribution is -2.12. The van der Waals surface area contributed by atoms with Gasteiger partial charge in [-0.25, -0.2) is 19.5 Å². The average molecular weight is 417 g/mol. The molecule has 0 amide bonds. The van der Waals surface area contributed by atoms with Gasteiger partial charge in [0.1, 0.15) is 21.9 Å². The van der Waals surface area contributed by atoms with Gasteiger partial charge in [-0.3, -0.25) is 4.68 Å². The Hall–Kier alpha value is -3.08. The molecule has 0 aliphatic carbocycles. The fourth-order valence-corrected chi connectivity index (χ4v) is 4.61. The van der Waals surface area contributed by atoms with Crippen LogP contribution in [-0.2, 0) is 6.18 Å². The molecule has 0 bridgehead atoms. The summed E-state index contributed by atoms with van der Waals surface area (Å²) >= 11 is 1.48. The highest BCUT2D eigenvalue weighted by Crippen LogP contribution is 2.36. The van der Waals surface area contributed by atoms with E-state index in [1.165, 1.54) is 22.2 Å². The van der Waals surface area contributed by atoms with E-state index in [1.54, 1.807) is 17.8 Å². The second-order valence-corrected chi connectivity index (χ2v) is 7.88. The van der Waals surface area contributed by atoms with Gasteiger partial charge in [0.2, 0.25) is 0 Å². The van der Waals surface area contributed by atoms with Gasteiger partial charge in [0, 0.05) is 17.3 Å². The number of fused-ring (bicyclic) bond motifs is 5. The molecule has 5 aromatic heterocycles. The molecule has 148 valence electrons. The van der Waals surface area contributed by atoms with E-state index >= 15 is 0 Å². The number of halogens is 3. The van der Waals surface area contributed by atoms with E-state index in [9.17, 15) is 13.2 Å². The number of aromatic nitrogens is 7. The third-order valence-corrected chi connectivity index (χ3v) is 5.85. The molecule has 5 aromatic rings. The van der Waals surface area contributed by atoms with E-state index < -0.39 is 17.9 Å². The summed E-state index contributed by atoms with van der Waals surface area (Å²) in [5.41, 5.74) is 2.46. The van der Waals surface area contributed by atoms with Crippen LogP contribution in [0, 0.1) is 13.8 Å². The van der Waals surface area contributed by atoms with Crippen molar-refractivity contribution in [2.45, 2.75) is 33.0 Å². The number of hydrogen-bond donors (Lipinski definition) is 0. The summed E-state index contributed by atoms with van der Waals surface area (Å²) in [6.45, 7) is 5.66. The summed E-state index contributed by atoms with van der Waals surface area (Å²) in [6, 6.07) is 2.38. The van der Waals surface area contributed by atoms with Crippen LogP contribution in [0.2, 0.25) is 0 Å². The summed E-state index contributed by atoms with van der Waals surface area (Å²) in [5.74, 6) is 0.356. The zero-order valence-electron chi connectivity index (χ0n) is 15.6. The van der Waals surface area contributed by atoms with Crippen molar-refractivity contribution in [2.24, 2.45) is 0 Å². The van der Waals surface area contributed by atoms with Crippen LogP contribution in [0.5, 0.6) is 0 Å². The van der Waals surface area contributed by atoms with Crippen LogP contribution in [0.3, 0.4) is 0 Å². The Labute approximate surface area is 165 Å².